The minimum absolute atomic E-state index is 0.240. The van der Waals surface area contributed by atoms with Crippen molar-refractivity contribution in [2.24, 2.45) is 0 Å². The largest absolute Gasteiger partial charge is 0.484 e. The molecule has 4 aromatic rings. The standard InChI is InChI=1S/C20H16ClN3O2S2/c1-13-5-4-6-15(9-13)25-10-18-23-24-20(26-18)28-12-14-11-27-19(22-14)16-7-2-3-8-17(16)21/h2-9,11H,10,12H2,1H3. The molecular weight excluding hydrogens is 414 g/mol. The molecule has 0 N–H and O–H groups in total. The Hall–Kier alpha value is -2.35. The second-order valence-electron chi connectivity index (χ2n) is 5.98. The lowest BCUT2D eigenvalue weighted by Crippen LogP contribution is -1.95. The minimum atomic E-state index is 0.240. The van der Waals surface area contributed by atoms with E-state index < -0.39 is 0 Å². The van der Waals surface area contributed by atoms with Gasteiger partial charge in [-0.25, -0.2) is 4.98 Å². The number of benzene rings is 2. The predicted octanol–water partition coefficient (Wildman–Crippen LogP) is 6.03. The van der Waals surface area contributed by atoms with E-state index in [0.717, 1.165) is 27.6 Å². The zero-order chi connectivity index (χ0) is 19.3. The Labute approximate surface area is 175 Å². The van der Waals surface area contributed by atoms with Crippen LogP contribution < -0.4 is 4.74 Å². The van der Waals surface area contributed by atoms with Crippen molar-refractivity contribution in [1.82, 2.24) is 15.2 Å². The van der Waals surface area contributed by atoms with Crippen LogP contribution >= 0.6 is 34.7 Å². The van der Waals surface area contributed by atoms with Gasteiger partial charge in [0.25, 0.3) is 11.1 Å². The monoisotopic (exact) mass is 429 g/mol. The van der Waals surface area contributed by atoms with Crippen molar-refractivity contribution in [3.05, 3.63) is 76.1 Å². The van der Waals surface area contributed by atoms with Crippen molar-refractivity contribution in [2.75, 3.05) is 0 Å². The van der Waals surface area contributed by atoms with Gasteiger partial charge in [-0.15, -0.1) is 21.5 Å². The van der Waals surface area contributed by atoms with Crippen LogP contribution in [0.4, 0.5) is 0 Å². The van der Waals surface area contributed by atoms with E-state index in [9.17, 15) is 0 Å². The van der Waals surface area contributed by atoms with Gasteiger partial charge in [-0.1, -0.05) is 53.7 Å². The highest BCUT2D eigenvalue weighted by Crippen LogP contribution is 2.31. The number of halogens is 1. The Balaban J connectivity index is 1.33. The van der Waals surface area contributed by atoms with E-state index in [2.05, 4.69) is 15.2 Å². The third kappa shape index (κ3) is 4.73. The Bertz CT molecular complexity index is 1080. The van der Waals surface area contributed by atoms with Crippen LogP contribution in [-0.4, -0.2) is 15.2 Å². The van der Waals surface area contributed by atoms with Crippen LogP contribution in [-0.2, 0) is 12.4 Å². The molecule has 0 bridgehead atoms. The number of ether oxygens (including phenoxy) is 1. The molecule has 8 heteroatoms. The van der Waals surface area contributed by atoms with Gasteiger partial charge in [0.1, 0.15) is 10.8 Å². The fraction of sp³-hybridized carbons (Fsp3) is 0.150. The molecule has 2 aromatic carbocycles. The van der Waals surface area contributed by atoms with E-state index in [1.807, 2.05) is 60.8 Å². The Morgan fingerprint density at radius 2 is 2.04 bits per heavy atom. The minimum Gasteiger partial charge on any atom is -0.484 e. The van der Waals surface area contributed by atoms with Crippen LogP contribution in [0.2, 0.25) is 5.02 Å². The molecule has 0 amide bonds. The van der Waals surface area contributed by atoms with Crippen LogP contribution in [0.15, 0.2) is 63.6 Å². The first-order valence-electron chi connectivity index (χ1n) is 8.51. The Kier molecular flexibility index (Phi) is 5.95. The second kappa shape index (κ2) is 8.77. The number of nitrogens with zero attached hydrogens (tertiary/aromatic N) is 3. The molecule has 28 heavy (non-hydrogen) atoms. The third-order valence-electron chi connectivity index (χ3n) is 3.80. The van der Waals surface area contributed by atoms with E-state index in [-0.39, 0.29) is 6.61 Å². The van der Waals surface area contributed by atoms with Crippen molar-refractivity contribution in [2.45, 2.75) is 24.5 Å². The summed E-state index contributed by atoms with van der Waals surface area (Å²) in [6.07, 6.45) is 0. The van der Waals surface area contributed by atoms with Crippen LogP contribution in [0, 0.1) is 6.92 Å². The zero-order valence-corrected chi connectivity index (χ0v) is 17.4. The molecule has 5 nitrogen and oxygen atoms in total. The van der Waals surface area contributed by atoms with E-state index >= 15 is 0 Å². The van der Waals surface area contributed by atoms with Gasteiger partial charge in [0.15, 0.2) is 6.61 Å². The van der Waals surface area contributed by atoms with Crippen molar-refractivity contribution in [3.8, 4) is 16.3 Å². The van der Waals surface area contributed by atoms with Gasteiger partial charge in [0.05, 0.1) is 10.7 Å². The molecule has 4 rings (SSSR count). The Morgan fingerprint density at radius 1 is 1.14 bits per heavy atom. The van der Waals surface area contributed by atoms with Crippen molar-refractivity contribution in [3.63, 3.8) is 0 Å². The van der Waals surface area contributed by atoms with Crippen LogP contribution in [0.1, 0.15) is 17.1 Å². The number of aryl methyl sites for hydroxylation is 1. The van der Waals surface area contributed by atoms with Gasteiger partial charge in [-0.05, 0) is 30.7 Å². The first-order chi connectivity index (χ1) is 13.7. The maximum Gasteiger partial charge on any atom is 0.277 e. The topological polar surface area (TPSA) is 61.0 Å². The van der Waals surface area contributed by atoms with Crippen molar-refractivity contribution < 1.29 is 9.15 Å². The molecule has 0 aliphatic heterocycles. The molecule has 0 saturated heterocycles. The average molecular weight is 430 g/mol. The van der Waals surface area contributed by atoms with E-state index in [1.165, 1.54) is 11.8 Å². The number of rotatable bonds is 7. The molecule has 0 aliphatic carbocycles. The van der Waals surface area contributed by atoms with E-state index in [4.69, 9.17) is 20.8 Å². The summed E-state index contributed by atoms with van der Waals surface area (Å²) in [6, 6.07) is 15.5. The summed E-state index contributed by atoms with van der Waals surface area (Å²) in [5.74, 6) is 1.86. The third-order valence-corrected chi connectivity index (χ3v) is 5.91. The van der Waals surface area contributed by atoms with E-state index in [1.54, 1.807) is 11.3 Å². The molecular formula is C20H16ClN3O2S2. The number of hydrogen-bond donors (Lipinski definition) is 0. The predicted molar refractivity (Wildman–Crippen MR) is 112 cm³/mol. The normalized spacial score (nSPS) is 10.9. The summed E-state index contributed by atoms with van der Waals surface area (Å²) in [6.45, 7) is 2.26. The molecule has 142 valence electrons. The van der Waals surface area contributed by atoms with Crippen LogP contribution in [0.25, 0.3) is 10.6 Å². The fourth-order valence-electron chi connectivity index (χ4n) is 2.47. The van der Waals surface area contributed by atoms with Crippen molar-refractivity contribution >= 4 is 34.7 Å². The van der Waals surface area contributed by atoms with Crippen LogP contribution in [0.3, 0.4) is 0 Å². The summed E-state index contributed by atoms with van der Waals surface area (Å²) in [5.41, 5.74) is 3.03. The lowest BCUT2D eigenvalue weighted by atomic mass is 10.2. The van der Waals surface area contributed by atoms with Gasteiger partial charge in [-0.3, -0.25) is 0 Å². The first kappa shape index (κ1) is 19.0. The molecule has 0 fully saturated rings. The van der Waals surface area contributed by atoms with Crippen LogP contribution in [0.5, 0.6) is 5.75 Å². The number of aromatic nitrogens is 3. The number of thiazole rings is 1. The first-order valence-corrected chi connectivity index (χ1v) is 10.8. The van der Waals surface area contributed by atoms with Crippen molar-refractivity contribution in [1.29, 1.82) is 0 Å². The molecule has 0 aliphatic rings. The molecule has 0 atom stereocenters. The molecule has 2 aromatic heterocycles. The smallest absolute Gasteiger partial charge is 0.277 e. The molecule has 0 radical (unpaired) electrons. The highest BCUT2D eigenvalue weighted by atomic mass is 35.5. The summed E-state index contributed by atoms with van der Waals surface area (Å²) in [7, 11) is 0. The summed E-state index contributed by atoms with van der Waals surface area (Å²) < 4.78 is 11.3. The summed E-state index contributed by atoms with van der Waals surface area (Å²) in [4.78, 5) is 4.65. The van der Waals surface area contributed by atoms with Gasteiger partial charge in [-0.2, -0.15) is 0 Å². The lowest BCUT2D eigenvalue weighted by Gasteiger charge is -2.03. The zero-order valence-electron chi connectivity index (χ0n) is 15.0. The maximum absolute atomic E-state index is 6.24. The number of hydrogen-bond acceptors (Lipinski definition) is 7. The lowest BCUT2D eigenvalue weighted by molar-refractivity contribution is 0.252. The summed E-state index contributed by atoms with van der Waals surface area (Å²) in [5, 5.41) is 12.2. The molecule has 2 heterocycles. The fourth-order valence-corrected chi connectivity index (χ4v) is 4.39. The molecule has 0 spiro atoms. The Morgan fingerprint density at radius 3 is 2.89 bits per heavy atom. The van der Waals surface area contributed by atoms with Gasteiger partial charge in [0.2, 0.25) is 0 Å². The average Bonchev–Trinajstić information content (AvgIpc) is 3.35. The SMILES string of the molecule is Cc1cccc(OCc2nnc(SCc3csc(-c4ccccc4Cl)n3)o2)c1. The second-order valence-corrected chi connectivity index (χ2v) is 8.17. The molecule has 0 saturated carbocycles. The highest BCUT2D eigenvalue weighted by molar-refractivity contribution is 7.98. The quantitative estimate of drug-likeness (QED) is 0.334. The summed E-state index contributed by atoms with van der Waals surface area (Å²) >= 11 is 9.26. The molecule has 0 unspecified atom stereocenters. The van der Waals surface area contributed by atoms with Gasteiger partial charge < -0.3 is 9.15 Å². The number of thioether (sulfide) groups is 1. The highest BCUT2D eigenvalue weighted by Gasteiger charge is 2.11. The van der Waals surface area contributed by atoms with E-state index in [0.29, 0.717) is 21.9 Å². The maximum atomic E-state index is 6.24. The van der Waals surface area contributed by atoms with Gasteiger partial charge >= 0.3 is 0 Å². The van der Waals surface area contributed by atoms with Gasteiger partial charge in [0, 0.05) is 16.7 Å².